The molecule has 0 aliphatic carbocycles. The summed E-state index contributed by atoms with van der Waals surface area (Å²) in [7, 11) is 0. The molecule has 0 radical (unpaired) electrons. The largest absolute Gasteiger partial charge is 0.423 e. The average Bonchev–Trinajstić information content (AvgIpc) is 2.44. The van der Waals surface area contributed by atoms with Gasteiger partial charge in [-0.2, -0.15) is 0 Å². The normalized spacial score (nSPS) is 12.8. The summed E-state index contributed by atoms with van der Waals surface area (Å²) in [6.07, 6.45) is -0.454. The first-order valence-electron chi connectivity index (χ1n) is 8.02. The first-order chi connectivity index (χ1) is 11.3. The third kappa shape index (κ3) is 4.66. The fourth-order valence-electron chi connectivity index (χ4n) is 2.66. The number of aliphatic hydroxyl groups excluding tert-OH is 1. The maximum Gasteiger partial charge on any atom is 0.336 e. The topological polar surface area (TPSA) is 82.8 Å². The van der Waals surface area contributed by atoms with E-state index in [0.717, 1.165) is 10.9 Å². The number of fused-ring (bicyclic) bond motifs is 1. The van der Waals surface area contributed by atoms with E-state index < -0.39 is 11.7 Å². The first-order valence-corrected chi connectivity index (χ1v) is 8.02. The number of benzene rings is 1. The Morgan fingerprint density at radius 3 is 2.58 bits per heavy atom. The molecule has 0 aliphatic heterocycles. The van der Waals surface area contributed by atoms with Crippen LogP contribution < -0.4 is 10.9 Å². The van der Waals surface area contributed by atoms with Crippen molar-refractivity contribution in [3.05, 3.63) is 40.2 Å². The van der Waals surface area contributed by atoms with E-state index in [-0.39, 0.29) is 11.9 Å². The van der Waals surface area contributed by atoms with Crippen molar-refractivity contribution >= 4 is 22.6 Å². The second kappa shape index (κ2) is 7.59. The van der Waals surface area contributed by atoms with E-state index in [1.54, 1.807) is 19.1 Å². The molecule has 24 heavy (non-hydrogen) atoms. The Bertz CT molecular complexity index is 780. The standard InChI is InChI=1S/C18H24N2O4/c1-11(2)20(9-12(3)21)10-14-7-18(23)24-17-8-15(19-13(4)22)5-6-16(14)17/h5-8,11-12,21H,9-10H2,1-4H3,(H,19,22). The van der Waals surface area contributed by atoms with Crippen molar-refractivity contribution in [2.45, 2.75) is 46.4 Å². The molecule has 2 N–H and O–H groups in total. The van der Waals surface area contributed by atoms with Crippen molar-refractivity contribution in [2.24, 2.45) is 0 Å². The van der Waals surface area contributed by atoms with Gasteiger partial charge in [0.25, 0.3) is 0 Å². The number of carbonyl (C=O) groups excluding carboxylic acids is 1. The monoisotopic (exact) mass is 332 g/mol. The minimum Gasteiger partial charge on any atom is -0.423 e. The molecule has 1 amide bonds. The van der Waals surface area contributed by atoms with Crippen molar-refractivity contribution in [1.82, 2.24) is 4.90 Å². The molecule has 1 atom stereocenters. The van der Waals surface area contributed by atoms with Gasteiger partial charge in [0.15, 0.2) is 0 Å². The number of rotatable bonds is 6. The Labute approximate surface area is 141 Å². The summed E-state index contributed by atoms with van der Waals surface area (Å²) >= 11 is 0. The number of amides is 1. The number of hydrogen-bond acceptors (Lipinski definition) is 5. The fourth-order valence-corrected chi connectivity index (χ4v) is 2.66. The second-order valence-electron chi connectivity index (χ2n) is 6.36. The van der Waals surface area contributed by atoms with Gasteiger partial charge in [0, 0.05) is 49.3 Å². The number of nitrogens with zero attached hydrogens (tertiary/aromatic N) is 1. The number of nitrogens with one attached hydrogen (secondary N) is 1. The molecule has 1 unspecified atom stereocenters. The van der Waals surface area contributed by atoms with E-state index in [1.807, 2.05) is 19.9 Å². The highest BCUT2D eigenvalue weighted by atomic mass is 16.4. The second-order valence-corrected chi connectivity index (χ2v) is 6.36. The van der Waals surface area contributed by atoms with Gasteiger partial charge in [-0.15, -0.1) is 0 Å². The minimum atomic E-state index is -0.454. The summed E-state index contributed by atoms with van der Waals surface area (Å²) in [5, 5.41) is 13.2. The van der Waals surface area contributed by atoms with Crippen LogP contribution in [-0.4, -0.2) is 34.6 Å². The van der Waals surface area contributed by atoms with Gasteiger partial charge in [0.1, 0.15) is 5.58 Å². The van der Waals surface area contributed by atoms with Crippen LogP contribution in [0, 0.1) is 0 Å². The summed E-state index contributed by atoms with van der Waals surface area (Å²) in [4.78, 5) is 25.2. The van der Waals surface area contributed by atoms with Gasteiger partial charge in [-0.05, 0) is 38.5 Å². The van der Waals surface area contributed by atoms with Crippen LogP contribution in [0.15, 0.2) is 33.5 Å². The lowest BCUT2D eigenvalue weighted by molar-refractivity contribution is -0.114. The lowest BCUT2D eigenvalue weighted by Crippen LogP contribution is -2.36. The number of aliphatic hydroxyl groups is 1. The zero-order valence-corrected chi connectivity index (χ0v) is 14.5. The van der Waals surface area contributed by atoms with E-state index in [2.05, 4.69) is 10.2 Å². The molecule has 0 aliphatic rings. The van der Waals surface area contributed by atoms with Crippen molar-refractivity contribution in [3.63, 3.8) is 0 Å². The lowest BCUT2D eigenvalue weighted by Gasteiger charge is -2.28. The summed E-state index contributed by atoms with van der Waals surface area (Å²) in [5.41, 5.74) is 1.42. The molecule has 1 heterocycles. The van der Waals surface area contributed by atoms with Gasteiger partial charge < -0.3 is 14.8 Å². The zero-order valence-electron chi connectivity index (χ0n) is 14.5. The zero-order chi connectivity index (χ0) is 17.9. The van der Waals surface area contributed by atoms with Crippen LogP contribution in [0.1, 0.15) is 33.3 Å². The van der Waals surface area contributed by atoms with Crippen LogP contribution in [0.25, 0.3) is 11.0 Å². The minimum absolute atomic E-state index is 0.184. The molecule has 0 spiro atoms. The summed E-state index contributed by atoms with van der Waals surface area (Å²) in [6, 6.07) is 6.97. The van der Waals surface area contributed by atoms with Crippen LogP contribution in [0.5, 0.6) is 0 Å². The van der Waals surface area contributed by atoms with Gasteiger partial charge >= 0.3 is 5.63 Å². The Balaban J connectivity index is 2.42. The van der Waals surface area contributed by atoms with Gasteiger partial charge in [-0.1, -0.05) is 0 Å². The first kappa shape index (κ1) is 18.2. The molecule has 0 saturated carbocycles. The maximum absolute atomic E-state index is 11.9. The molecule has 0 fully saturated rings. The molecule has 6 heteroatoms. The Morgan fingerprint density at radius 2 is 2.00 bits per heavy atom. The maximum atomic E-state index is 11.9. The predicted octanol–water partition coefficient (Wildman–Crippen LogP) is 2.34. The number of carbonyl (C=O) groups is 1. The van der Waals surface area contributed by atoms with Crippen LogP contribution >= 0.6 is 0 Å². The molecule has 2 aromatic rings. The molecular weight excluding hydrogens is 308 g/mol. The molecule has 2 rings (SSSR count). The molecule has 130 valence electrons. The van der Waals surface area contributed by atoms with Gasteiger partial charge in [0.05, 0.1) is 6.10 Å². The van der Waals surface area contributed by atoms with E-state index in [4.69, 9.17) is 4.42 Å². The molecular formula is C18H24N2O4. The van der Waals surface area contributed by atoms with Crippen molar-refractivity contribution in [2.75, 3.05) is 11.9 Å². The number of anilines is 1. The lowest BCUT2D eigenvalue weighted by atomic mass is 10.1. The SMILES string of the molecule is CC(=O)Nc1ccc2c(CN(CC(C)O)C(C)C)cc(=O)oc2c1. The molecule has 1 aromatic heterocycles. The van der Waals surface area contributed by atoms with Crippen LogP contribution in [0.2, 0.25) is 0 Å². The van der Waals surface area contributed by atoms with E-state index >= 15 is 0 Å². The Hall–Kier alpha value is -2.18. The van der Waals surface area contributed by atoms with E-state index in [9.17, 15) is 14.7 Å². The third-order valence-corrected chi connectivity index (χ3v) is 3.75. The van der Waals surface area contributed by atoms with Crippen LogP contribution in [-0.2, 0) is 11.3 Å². The molecule has 6 nitrogen and oxygen atoms in total. The summed E-state index contributed by atoms with van der Waals surface area (Å²) in [5.74, 6) is -0.184. The van der Waals surface area contributed by atoms with Gasteiger partial charge in [0.2, 0.25) is 5.91 Å². The van der Waals surface area contributed by atoms with E-state index in [0.29, 0.717) is 24.4 Å². The molecule has 0 bridgehead atoms. The Kier molecular flexibility index (Phi) is 5.75. The summed E-state index contributed by atoms with van der Waals surface area (Å²) in [6.45, 7) is 8.31. The van der Waals surface area contributed by atoms with Crippen molar-refractivity contribution in [3.8, 4) is 0 Å². The van der Waals surface area contributed by atoms with Crippen LogP contribution in [0.3, 0.4) is 0 Å². The number of hydrogen-bond donors (Lipinski definition) is 2. The molecule has 0 saturated heterocycles. The Morgan fingerprint density at radius 1 is 1.29 bits per heavy atom. The smallest absolute Gasteiger partial charge is 0.336 e. The molecule has 1 aromatic carbocycles. The fraction of sp³-hybridized carbons (Fsp3) is 0.444. The third-order valence-electron chi connectivity index (χ3n) is 3.75. The highest BCUT2D eigenvalue weighted by Crippen LogP contribution is 2.23. The van der Waals surface area contributed by atoms with Crippen molar-refractivity contribution in [1.29, 1.82) is 0 Å². The van der Waals surface area contributed by atoms with Gasteiger partial charge in [-0.25, -0.2) is 4.79 Å². The van der Waals surface area contributed by atoms with Crippen LogP contribution in [0.4, 0.5) is 5.69 Å². The van der Waals surface area contributed by atoms with Gasteiger partial charge in [-0.3, -0.25) is 9.69 Å². The highest BCUT2D eigenvalue weighted by Gasteiger charge is 2.15. The van der Waals surface area contributed by atoms with Crippen molar-refractivity contribution < 1.29 is 14.3 Å². The van der Waals surface area contributed by atoms with E-state index in [1.165, 1.54) is 13.0 Å². The highest BCUT2D eigenvalue weighted by molar-refractivity contribution is 5.92. The predicted molar refractivity (Wildman–Crippen MR) is 94.0 cm³/mol. The summed E-state index contributed by atoms with van der Waals surface area (Å²) < 4.78 is 5.27. The average molecular weight is 332 g/mol. The quantitative estimate of drug-likeness (QED) is 0.794.